The highest BCUT2D eigenvalue weighted by Crippen LogP contribution is 2.06. The van der Waals surface area contributed by atoms with Crippen LogP contribution in [-0.4, -0.2) is 18.4 Å². The van der Waals surface area contributed by atoms with Crippen LogP contribution >= 0.6 is 12.4 Å². The van der Waals surface area contributed by atoms with Crippen molar-refractivity contribution in [1.82, 2.24) is 0 Å². The zero-order valence-corrected chi connectivity index (χ0v) is 12.5. The maximum atomic E-state index is 11.4. The van der Waals surface area contributed by atoms with Gasteiger partial charge >= 0.3 is 5.97 Å². The van der Waals surface area contributed by atoms with Crippen LogP contribution in [0.2, 0.25) is 0 Å². The lowest BCUT2D eigenvalue weighted by molar-refractivity contribution is -0.144. The van der Waals surface area contributed by atoms with Gasteiger partial charge in [-0.1, -0.05) is 33.1 Å². The van der Waals surface area contributed by atoms with E-state index in [0.717, 1.165) is 19.3 Å². The van der Waals surface area contributed by atoms with Gasteiger partial charge < -0.3 is 4.74 Å². The smallest absolute Gasteiger partial charge is 0.305 e. The van der Waals surface area contributed by atoms with Gasteiger partial charge in [-0.3, -0.25) is 9.59 Å². The molecule has 0 bridgehead atoms. The van der Waals surface area contributed by atoms with E-state index in [-0.39, 0.29) is 18.4 Å². The molecule has 0 N–H and O–H groups in total. The number of Topliss-reactive ketones (excluding diaryl/α,β-unsaturated/α-hetero) is 1. The first-order valence-electron chi connectivity index (χ1n) is 6.88. The van der Waals surface area contributed by atoms with Gasteiger partial charge in [0.1, 0.15) is 5.78 Å². The summed E-state index contributed by atoms with van der Waals surface area (Å²) in [7, 11) is 0. The summed E-state index contributed by atoms with van der Waals surface area (Å²) in [5.74, 6) is 0.149. The molecule has 0 heterocycles. The summed E-state index contributed by atoms with van der Waals surface area (Å²) in [4.78, 5) is 22.5. The number of ether oxygens (including phenoxy) is 1. The minimum atomic E-state index is -0.150. The molecule has 3 nitrogen and oxygen atoms in total. The van der Waals surface area contributed by atoms with Crippen molar-refractivity contribution < 1.29 is 14.3 Å². The Morgan fingerprint density at radius 3 is 2.11 bits per heavy atom. The van der Waals surface area contributed by atoms with Crippen molar-refractivity contribution in [2.75, 3.05) is 6.61 Å². The number of hydrogen-bond donors (Lipinski definition) is 0. The monoisotopic (exact) mass is 278 g/mol. The normalized spacial score (nSPS) is 9.67. The van der Waals surface area contributed by atoms with E-state index in [2.05, 4.69) is 6.92 Å². The Morgan fingerprint density at radius 1 is 0.833 bits per heavy atom. The minimum Gasteiger partial charge on any atom is -0.466 e. The van der Waals surface area contributed by atoms with E-state index in [0.29, 0.717) is 38.1 Å². The van der Waals surface area contributed by atoms with Gasteiger partial charge in [-0.25, -0.2) is 0 Å². The highest BCUT2D eigenvalue weighted by molar-refractivity contribution is 5.85. The molecule has 0 aromatic carbocycles. The first-order valence-corrected chi connectivity index (χ1v) is 6.88. The van der Waals surface area contributed by atoms with E-state index < -0.39 is 0 Å². The molecule has 0 fully saturated rings. The van der Waals surface area contributed by atoms with Gasteiger partial charge in [0, 0.05) is 19.3 Å². The van der Waals surface area contributed by atoms with Crippen LogP contribution in [0.4, 0.5) is 0 Å². The molecule has 0 saturated heterocycles. The van der Waals surface area contributed by atoms with Gasteiger partial charge in [0.05, 0.1) is 6.61 Å². The summed E-state index contributed by atoms with van der Waals surface area (Å²) in [5.41, 5.74) is 0. The Kier molecular flexibility index (Phi) is 15.9. The average Bonchev–Trinajstić information content (AvgIpc) is 2.31. The van der Waals surface area contributed by atoms with Crippen LogP contribution in [0.1, 0.15) is 71.6 Å². The van der Waals surface area contributed by atoms with E-state index in [4.69, 9.17) is 4.74 Å². The lowest BCUT2D eigenvalue weighted by Crippen LogP contribution is -2.07. The van der Waals surface area contributed by atoms with Gasteiger partial charge in [-0.2, -0.15) is 0 Å². The fourth-order valence-corrected chi connectivity index (χ4v) is 1.61. The lowest BCUT2D eigenvalue weighted by atomic mass is 10.1. The standard InChI is InChI=1S/C14H26O3.ClH/c1-3-5-6-7-10-13(15)11-8-12-17-14(16)9-4-2;/h3-12H2,1-2H3;1H. The van der Waals surface area contributed by atoms with Crippen molar-refractivity contribution in [3.05, 3.63) is 0 Å². The van der Waals surface area contributed by atoms with Crippen LogP contribution in [-0.2, 0) is 14.3 Å². The van der Waals surface area contributed by atoms with Crippen molar-refractivity contribution in [2.24, 2.45) is 0 Å². The average molecular weight is 279 g/mol. The molecule has 0 aliphatic heterocycles. The third kappa shape index (κ3) is 13.5. The van der Waals surface area contributed by atoms with Crippen molar-refractivity contribution in [3.63, 3.8) is 0 Å². The molecule has 0 rings (SSSR count). The van der Waals surface area contributed by atoms with Gasteiger partial charge in [0.15, 0.2) is 0 Å². The zero-order valence-electron chi connectivity index (χ0n) is 11.7. The number of carbonyl (C=O) groups is 2. The van der Waals surface area contributed by atoms with E-state index in [1.165, 1.54) is 12.8 Å². The third-order valence-corrected chi connectivity index (χ3v) is 2.63. The van der Waals surface area contributed by atoms with Crippen LogP contribution in [0.3, 0.4) is 0 Å². The van der Waals surface area contributed by atoms with Crippen molar-refractivity contribution >= 4 is 24.2 Å². The molecule has 0 aromatic heterocycles. The third-order valence-electron chi connectivity index (χ3n) is 2.63. The predicted molar refractivity (Wildman–Crippen MR) is 76.1 cm³/mol. The molecule has 18 heavy (non-hydrogen) atoms. The van der Waals surface area contributed by atoms with Crippen LogP contribution in [0.25, 0.3) is 0 Å². The van der Waals surface area contributed by atoms with E-state index >= 15 is 0 Å². The summed E-state index contributed by atoms with van der Waals surface area (Å²) in [6, 6.07) is 0. The summed E-state index contributed by atoms with van der Waals surface area (Å²) >= 11 is 0. The molecule has 0 radical (unpaired) electrons. The maximum Gasteiger partial charge on any atom is 0.305 e. The Labute approximate surface area is 117 Å². The van der Waals surface area contributed by atoms with E-state index in [9.17, 15) is 9.59 Å². The van der Waals surface area contributed by atoms with Crippen molar-refractivity contribution in [1.29, 1.82) is 0 Å². The predicted octanol–water partition coefficient (Wildman–Crippen LogP) is 4.07. The summed E-state index contributed by atoms with van der Waals surface area (Å²) in [5, 5.41) is 0. The Bertz CT molecular complexity index is 217. The molecular formula is C14H27ClO3. The summed E-state index contributed by atoms with van der Waals surface area (Å²) in [6.07, 6.45) is 7.75. The second-order valence-electron chi connectivity index (χ2n) is 4.42. The molecule has 0 atom stereocenters. The number of halogens is 1. The fraction of sp³-hybridized carbons (Fsp3) is 0.857. The molecular weight excluding hydrogens is 252 g/mol. The topological polar surface area (TPSA) is 43.4 Å². The SMILES string of the molecule is CCCCCCC(=O)CCCOC(=O)CCC.Cl. The molecule has 108 valence electrons. The van der Waals surface area contributed by atoms with Crippen LogP contribution in [0, 0.1) is 0 Å². The maximum absolute atomic E-state index is 11.4. The number of esters is 1. The Morgan fingerprint density at radius 2 is 1.50 bits per heavy atom. The van der Waals surface area contributed by atoms with E-state index in [1.54, 1.807) is 0 Å². The lowest BCUT2D eigenvalue weighted by Gasteiger charge is -2.03. The number of unbranched alkanes of at least 4 members (excludes halogenated alkanes) is 3. The molecule has 0 spiro atoms. The second-order valence-corrected chi connectivity index (χ2v) is 4.42. The summed E-state index contributed by atoms with van der Waals surface area (Å²) in [6.45, 7) is 4.49. The van der Waals surface area contributed by atoms with Crippen molar-refractivity contribution in [3.8, 4) is 0 Å². The van der Waals surface area contributed by atoms with Crippen molar-refractivity contribution in [2.45, 2.75) is 71.6 Å². The van der Waals surface area contributed by atoms with E-state index in [1.807, 2.05) is 6.92 Å². The van der Waals surface area contributed by atoms with Crippen LogP contribution in [0.15, 0.2) is 0 Å². The highest BCUT2D eigenvalue weighted by atomic mass is 35.5. The number of ketones is 1. The van der Waals surface area contributed by atoms with Gasteiger partial charge in [-0.15, -0.1) is 12.4 Å². The second kappa shape index (κ2) is 14.5. The molecule has 0 aromatic rings. The van der Waals surface area contributed by atoms with Gasteiger partial charge in [0.25, 0.3) is 0 Å². The molecule has 0 aliphatic rings. The first kappa shape index (κ1) is 19.8. The highest BCUT2D eigenvalue weighted by Gasteiger charge is 2.04. The Balaban J connectivity index is 0. The number of rotatable bonds is 11. The molecule has 4 heteroatoms. The molecule has 0 amide bonds. The zero-order chi connectivity index (χ0) is 12.9. The largest absolute Gasteiger partial charge is 0.466 e. The molecule has 0 unspecified atom stereocenters. The summed E-state index contributed by atoms with van der Waals surface area (Å²) < 4.78 is 4.98. The van der Waals surface area contributed by atoms with Crippen LogP contribution < -0.4 is 0 Å². The first-order chi connectivity index (χ1) is 8.20. The fourth-order valence-electron chi connectivity index (χ4n) is 1.61. The van der Waals surface area contributed by atoms with Gasteiger partial charge in [-0.05, 0) is 19.3 Å². The number of hydrogen-bond acceptors (Lipinski definition) is 3. The Hall–Kier alpha value is -0.570. The molecule has 0 aliphatic carbocycles. The minimum absolute atomic E-state index is 0. The number of carbonyl (C=O) groups excluding carboxylic acids is 2. The van der Waals surface area contributed by atoms with Crippen LogP contribution in [0.5, 0.6) is 0 Å². The molecule has 0 saturated carbocycles. The quantitative estimate of drug-likeness (QED) is 0.423. The van der Waals surface area contributed by atoms with Gasteiger partial charge in [0.2, 0.25) is 0 Å².